The first kappa shape index (κ1) is 8.99. The number of anilines is 1. The Morgan fingerprint density at radius 3 is 2.92 bits per heavy atom. The molecule has 0 aromatic carbocycles. The van der Waals surface area contributed by atoms with E-state index >= 15 is 0 Å². The Hall–Kier alpha value is -1.10. The number of rotatable bonds is 2. The van der Waals surface area contributed by atoms with Crippen LogP contribution in [0.25, 0.3) is 0 Å². The van der Waals surface area contributed by atoms with Crippen molar-refractivity contribution in [1.82, 2.24) is 15.5 Å². The molecular weight excluding hydrogens is 172 g/mol. The number of H-pyrrole nitrogens is 1. The van der Waals surface area contributed by atoms with Crippen molar-refractivity contribution in [3.63, 3.8) is 0 Å². The van der Waals surface area contributed by atoms with Crippen LogP contribution in [0.5, 0.6) is 0 Å². The highest BCUT2D eigenvalue weighted by Gasteiger charge is 1.98. The van der Waals surface area contributed by atoms with Crippen LogP contribution < -0.4 is 10.6 Å². The van der Waals surface area contributed by atoms with E-state index in [0.717, 1.165) is 5.69 Å². The van der Waals surface area contributed by atoms with Gasteiger partial charge in [-0.25, -0.2) is 0 Å². The van der Waals surface area contributed by atoms with Crippen LogP contribution in [-0.4, -0.2) is 21.4 Å². The molecule has 0 radical (unpaired) electrons. The lowest BCUT2D eigenvalue weighted by molar-refractivity contribution is 0.739. The van der Waals surface area contributed by atoms with Gasteiger partial charge < -0.3 is 10.6 Å². The zero-order valence-corrected chi connectivity index (χ0v) is 7.90. The number of nitrogens with zero attached hydrogens (tertiary/aromatic N) is 1. The Morgan fingerprint density at radius 1 is 1.67 bits per heavy atom. The van der Waals surface area contributed by atoms with Crippen molar-refractivity contribution in [1.29, 1.82) is 0 Å². The minimum Gasteiger partial charge on any atom is -0.360 e. The molecule has 66 valence electrons. The smallest absolute Gasteiger partial charge is 0.171 e. The molecule has 3 N–H and O–H groups in total. The molecule has 4 nitrogen and oxygen atoms in total. The van der Waals surface area contributed by atoms with Crippen molar-refractivity contribution >= 4 is 23.0 Å². The van der Waals surface area contributed by atoms with E-state index in [9.17, 15) is 0 Å². The van der Waals surface area contributed by atoms with E-state index in [-0.39, 0.29) is 0 Å². The number of aromatic nitrogens is 2. The quantitative estimate of drug-likeness (QED) is 0.603. The summed E-state index contributed by atoms with van der Waals surface area (Å²) < 4.78 is 0. The number of aromatic amines is 1. The molecule has 0 fully saturated rings. The third-order valence-electron chi connectivity index (χ3n) is 1.18. The second-order valence-electron chi connectivity index (χ2n) is 2.74. The predicted molar refractivity (Wildman–Crippen MR) is 53.1 cm³/mol. The van der Waals surface area contributed by atoms with E-state index in [0.29, 0.717) is 11.2 Å². The second-order valence-corrected chi connectivity index (χ2v) is 3.15. The van der Waals surface area contributed by atoms with Crippen LogP contribution in [0, 0.1) is 0 Å². The lowest BCUT2D eigenvalue weighted by Gasteiger charge is -2.11. The fourth-order valence-corrected chi connectivity index (χ4v) is 1.10. The number of hydrogen-bond acceptors (Lipinski definition) is 2. The Kier molecular flexibility index (Phi) is 3.04. The van der Waals surface area contributed by atoms with Crippen molar-refractivity contribution in [2.24, 2.45) is 0 Å². The average Bonchev–Trinajstić information content (AvgIpc) is 2.37. The fourth-order valence-electron chi connectivity index (χ4n) is 0.749. The Morgan fingerprint density at radius 2 is 2.42 bits per heavy atom. The van der Waals surface area contributed by atoms with Crippen LogP contribution in [0.15, 0.2) is 12.4 Å². The van der Waals surface area contributed by atoms with Gasteiger partial charge in [0.15, 0.2) is 5.11 Å². The first-order chi connectivity index (χ1) is 5.68. The molecule has 0 unspecified atom stereocenters. The Bertz CT molecular complexity index is 242. The topological polar surface area (TPSA) is 52.7 Å². The molecule has 5 heteroatoms. The molecule has 0 spiro atoms. The highest BCUT2D eigenvalue weighted by molar-refractivity contribution is 7.80. The minimum atomic E-state index is 0.344. The van der Waals surface area contributed by atoms with Crippen LogP contribution in [-0.2, 0) is 0 Å². The van der Waals surface area contributed by atoms with Crippen LogP contribution in [0.3, 0.4) is 0 Å². The van der Waals surface area contributed by atoms with Gasteiger partial charge in [0.2, 0.25) is 0 Å². The highest BCUT2D eigenvalue weighted by atomic mass is 32.1. The third kappa shape index (κ3) is 2.87. The van der Waals surface area contributed by atoms with Gasteiger partial charge in [0.25, 0.3) is 0 Å². The molecule has 1 aromatic rings. The lowest BCUT2D eigenvalue weighted by Crippen LogP contribution is -2.33. The zero-order chi connectivity index (χ0) is 8.97. The molecule has 0 saturated heterocycles. The summed E-state index contributed by atoms with van der Waals surface area (Å²) in [4.78, 5) is 0. The maximum atomic E-state index is 5.01. The van der Waals surface area contributed by atoms with Crippen LogP contribution in [0.4, 0.5) is 5.69 Å². The largest absolute Gasteiger partial charge is 0.360 e. The van der Waals surface area contributed by atoms with E-state index < -0.39 is 0 Å². The SMILES string of the molecule is CC(C)NC(=S)Nc1cn[nH]c1. The summed E-state index contributed by atoms with van der Waals surface area (Å²) in [7, 11) is 0. The first-order valence-electron chi connectivity index (χ1n) is 3.75. The fraction of sp³-hybridized carbons (Fsp3) is 0.429. The standard InChI is InChI=1S/C7H12N4S/c1-5(2)10-7(12)11-6-3-8-9-4-6/h3-5H,1-2H3,(H,8,9)(H2,10,11,12). The van der Waals surface area contributed by atoms with E-state index in [1.165, 1.54) is 0 Å². The summed E-state index contributed by atoms with van der Waals surface area (Å²) >= 11 is 5.01. The lowest BCUT2D eigenvalue weighted by atomic mass is 10.4. The Balaban J connectivity index is 2.37. The van der Waals surface area contributed by atoms with Crippen molar-refractivity contribution in [3.05, 3.63) is 12.4 Å². The number of hydrogen-bond donors (Lipinski definition) is 3. The van der Waals surface area contributed by atoms with Crippen molar-refractivity contribution in [2.75, 3.05) is 5.32 Å². The molecule has 1 aromatic heterocycles. The molecule has 12 heavy (non-hydrogen) atoms. The molecule has 0 amide bonds. The molecule has 0 aliphatic rings. The molecule has 1 rings (SSSR count). The van der Waals surface area contributed by atoms with Crippen molar-refractivity contribution < 1.29 is 0 Å². The maximum absolute atomic E-state index is 5.01. The molecular formula is C7H12N4S. The summed E-state index contributed by atoms with van der Waals surface area (Å²) in [6.07, 6.45) is 3.42. The number of nitrogens with one attached hydrogen (secondary N) is 3. The monoisotopic (exact) mass is 184 g/mol. The van der Waals surface area contributed by atoms with Gasteiger partial charge in [-0.2, -0.15) is 5.10 Å². The van der Waals surface area contributed by atoms with Crippen LogP contribution >= 0.6 is 12.2 Å². The minimum absolute atomic E-state index is 0.344. The molecule has 0 aliphatic carbocycles. The summed E-state index contributed by atoms with van der Waals surface area (Å²) in [5, 5.41) is 13.1. The second kappa shape index (κ2) is 4.06. The van der Waals surface area contributed by atoms with E-state index in [4.69, 9.17) is 12.2 Å². The van der Waals surface area contributed by atoms with Gasteiger partial charge in [-0.15, -0.1) is 0 Å². The van der Waals surface area contributed by atoms with Crippen molar-refractivity contribution in [3.8, 4) is 0 Å². The van der Waals surface area contributed by atoms with Gasteiger partial charge in [-0.05, 0) is 26.1 Å². The molecule has 0 bridgehead atoms. The molecule has 0 aliphatic heterocycles. The van der Waals surface area contributed by atoms with E-state index in [2.05, 4.69) is 20.8 Å². The predicted octanol–water partition coefficient (Wildman–Crippen LogP) is 1.10. The van der Waals surface area contributed by atoms with Gasteiger partial charge in [0, 0.05) is 12.2 Å². The zero-order valence-electron chi connectivity index (χ0n) is 7.09. The van der Waals surface area contributed by atoms with Gasteiger partial charge in [-0.3, -0.25) is 5.10 Å². The summed E-state index contributed by atoms with van der Waals surface area (Å²) in [6, 6.07) is 0.344. The molecule has 0 saturated carbocycles. The highest BCUT2D eigenvalue weighted by Crippen LogP contribution is 2.00. The molecule has 1 heterocycles. The average molecular weight is 184 g/mol. The van der Waals surface area contributed by atoms with Crippen LogP contribution in [0.2, 0.25) is 0 Å². The molecule has 0 atom stereocenters. The maximum Gasteiger partial charge on any atom is 0.171 e. The van der Waals surface area contributed by atoms with Crippen LogP contribution in [0.1, 0.15) is 13.8 Å². The van der Waals surface area contributed by atoms with E-state index in [1.54, 1.807) is 12.4 Å². The van der Waals surface area contributed by atoms with Gasteiger partial charge in [0.1, 0.15) is 0 Å². The Labute approximate surface area is 76.7 Å². The first-order valence-corrected chi connectivity index (χ1v) is 4.15. The number of thiocarbonyl (C=S) groups is 1. The summed E-state index contributed by atoms with van der Waals surface area (Å²) in [5.41, 5.74) is 0.869. The normalized spacial score (nSPS) is 9.92. The summed E-state index contributed by atoms with van der Waals surface area (Å²) in [5.74, 6) is 0. The van der Waals surface area contributed by atoms with E-state index in [1.807, 2.05) is 13.8 Å². The third-order valence-corrected chi connectivity index (χ3v) is 1.40. The van der Waals surface area contributed by atoms with Gasteiger partial charge >= 0.3 is 0 Å². The van der Waals surface area contributed by atoms with Gasteiger partial charge in [-0.1, -0.05) is 0 Å². The van der Waals surface area contributed by atoms with Gasteiger partial charge in [0.05, 0.1) is 11.9 Å². The van der Waals surface area contributed by atoms with Crippen molar-refractivity contribution in [2.45, 2.75) is 19.9 Å². The summed E-state index contributed by atoms with van der Waals surface area (Å²) in [6.45, 7) is 4.06.